The highest BCUT2D eigenvalue weighted by Crippen LogP contribution is 2.46. The zero-order chi connectivity index (χ0) is 38.7. The van der Waals surface area contributed by atoms with Crippen molar-refractivity contribution in [1.82, 2.24) is 25.2 Å². The number of hydrogen-bond acceptors (Lipinski definition) is 9. The molecule has 0 unspecified atom stereocenters. The van der Waals surface area contributed by atoms with E-state index in [0.717, 1.165) is 24.0 Å². The first kappa shape index (κ1) is 38.8. The van der Waals surface area contributed by atoms with Crippen molar-refractivity contribution < 1.29 is 41.9 Å². The maximum absolute atomic E-state index is 14.4. The predicted octanol–water partition coefficient (Wildman–Crippen LogP) is 3.94. The van der Waals surface area contributed by atoms with Crippen LogP contribution in [-0.2, 0) is 46.8 Å². The Hall–Kier alpha value is -4.92. The smallest absolute Gasteiger partial charge is 0.410 e. The van der Waals surface area contributed by atoms with Crippen molar-refractivity contribution in [3.05, 3.63) is 77.9 Å². The van der Waals surface area contributed by atoms with Crippen molar-refractivity contribution in [2.75, 3.05) is 13.1 Å². The summed E-state index contributed by atoms with van der Waals surface area (Å²) in [6, 6.07) is 13.0. The Labute approximate surface area is 316 Å². The van der Waals surface area contributed by atoms with Gasteiger partial charge in [0, 0.05) is 25.4 Å². The lowest BCUT2D eigenvalue weighted by atomic mass is 10.0. The first-order chi connectivity index (χ1) is 25.6. The molecule has 1 saturated carbocycles. The van der Waals surface area contributed by atoms with Gasteiger partial charge in [0.25, 0.3) is 15.9 Å². The number of sulfonamides is 1. The lowest BCUT2D eigenvalue weighted by Gasteiger charge is -2.30. The average Bonchev–Trinajstić information content (AvgIpc) is 3.66. The highest BCUT2D eigenvalue weighted by atomic mass is 32.2. The third-order valence-electron chi connectivity index (χ3n) is 10.3. The fourth-order valence-electron chi connectivity index (χ4n) is 7.36. The van der Waals surface area contributed by atoms with Crippen LogP contribution in [0, 0.1) is 5.92 Å². The van der Waals surface area contributed by atoms with Crippen LogP contribution in [0.4, 0.5) is 9.59 Å². The second-order valence-corrected chi connectivity index (χ2v) is 17.2. The van der Waals surface area contributed by atoms with Crippen LogP contribution >= 0.6 is 0 Å². The van der Waals surface area contributed by atoms with Gasteiger partial charge in [-0.05, 0) is 76.1 Å². The molecule has 2 aromatic rings. The van der Waals surface area contributed by atoms with Gasteiger partial charge in [0.1, 0.15) is 29.3 Å². The van der Waals surface area contributed by atoms with E-state index in [-0.39, 0.29) is 30.7 Å². The quantitative estimate of drug-likeness (QED) is 0.380. The molecule has 0 bridgehead atoms. The first-order valence-corrected chi connectivity index (χ1v) is 20.1. The van der Waals surface area contributed by atoms with E-state index in [0.29, 0.717) is 32.4 Å². The van der Waals surface area contributed by atoms with Crippen molar-refractivity contribution in [2.24, 2.45) is 5.92 Å². The van der Waals surface area contributed by atoms with Crippen molar-refractivity contribution in [1.29, 1.82) is 0 Å². The number of hydrogen-bond donors (Lipinski definition) is 3. The van der Waals surface area contributed by atoms with Gasteiger partial charge in [-0.15, -0.1) is 0 Å². The minimum absolute atomic E-state index is 0.0760. The number of alkyl carbamates (subject to hydrolysis) is 1. The largest absolute Gasteiger partial charge is 0.444 e. The Morgan fingerprint density at radius 2 is 1.69 bits per heavy atom. The Balaban J connectivity index is 1.26. The molecule has 5 atom stereocenters. The maximum Gasteiger partial charge on any atom is 0.410 e. The van der Waals surface area contributed by atoms with E-state index in [4.69, 9.17) is 9.47 Å². The summed E-state index contributed by atoms with van der Waals surface area (Å²) < 4.78 is 39.9. The summed E-state index contributed by atoms with van der Waals surface area (Å²) in [6.45, 7) is 5.79. The highest BCUT2D eigenvalue weighted by Gasteiger charge is 2.61. The van der Waals surface area contributed by atoms with E-state index in [1.165, 1.54) is 29.2 Å². The summed E-state index contributed by atoms with van der Waals surface area (Å²) in [4.78, 5) is 71.8. The van der Waals surface area contributed by atoms with Gasteiger partial charge in [-0.25, -0.2) is 22.7 Å². The van der Waals surface area contributed by atoms with E-state index in [1.54, 1.807) is 31.7 Å². The Kier molecular flexibility index (Phi) is 11.4. The number of allylic oxidation sites excluding steroid dienone is 1. The molecule has 3 heterocycles. The molecule has 2 aromatic carbocycles. The topological polar surface area (TPSA) is 181 Å². The number of ether oxygens (including phenoxy) is 2. The number of benzene rings is 2. The molecule has 15 heteroatoms. The summed E-state index contributed by atoms with van der Waals surface area (Å²) in [5.41, 5.74) is -0.264. The van der Waals surface area contributed by atoms with Crippen LogP contribution in [0.25, 0.3) is 0 Å². The van der Waals surface area contributed by atoms with E-state index >= 15 is 0 Å². The monoisotopic (exact) mass is 763 g/mol. The Morgan fingerprint density at radius 1 is 0.963 bits per heavy atom. The van der Waals surface area contributed by atoms with Crippen LogP contribution in [0.2, 0.25) is 0 Å². The van der Waals surface area contributed by atoms with Crippen LogP contribution in [0.3, 0.4) is 0 Å². The van der Waals surface area contributed by atoms with Gasteiger partial charge in [-0.2, -0.15) is 0 Å². The van der Waals surface area contributed by atoms with Crippen LogP contribution in [0.15, 0.2) is 71.6 Å². The van der Waals surface area contributed by atoms with Crippen molar-refractivity contribution >= 4 is 39.9 Å². The second-order valence-electron chi connectivity index (χ2n) is 15.5. The zero-order valence-electron chi connectivity index (χ0n) is 30.9. The van der Waals surface area contributed by atoms with Crippen LogP contribution in [0.1, 0.15) is 76.8 Å². The number of nitrogens with zero attached hydrogens (tertiary/aromatic N) is 2. The van der Waals surface area contributed by atoms with Crippen molar-refractivity contribution in [3.8, 4) is 0 Å². The molecule has 3 N–H and O–H groups in total. The maximum atomic E-state index is 14.4. The van der Waals surface area contributed by atoms with E-state index in [2.05, 4.69) is 15.4 Å². The van der Waals surface area contributed by atoms with Crippen molar-refractivity contribution in [2.45, 2.75) is 113 Å². The summed E-state index contributed by atoms with van der Waals surface area (Å²) in [5, 5.41) is 5.52. The number of amides is 5. The molecular weight excluding hydrogens is 715 g/mol. The molecule has 0 aromatic heterocycles. The minimum Gasteiger partial charge on any atom is -0.444 e. The number of carbonyl (C=O) groups excluding carboxylic acids is 5. The normalized spacial score (nSPS) is 26.7. The predicted molar refractivity (Wildman–Crippen MR) is 197 cm³/mol. The summed E-state index contributed by atoms with van der Waals surface area (Å²) >= 11 is 0. The fraction of sp³-hybridized carbons (Fsp3) is 0.513. The van der Waals surface area contributed by atoms with Gasteiger partial charge in [0.2, 0.25) is 11.8 Å². The SMILES string of the molecule is CC(C)(C)OC(=O)N[C@H]1CCCCC/C=C/[C@@H]2C[C@@]2(C(=O)NS(=O)(=O)c2ccccc2)NC(=O)[C@@H]2C[C@@H](OC(=O)N3CCc4ccccc4C3)CN2C1=O. The molecule has 1 saturated heterocycles. The summed E-state index contributed by atoms with van der Waals surface area (Å²) in [6.07, 6.45) is 5.22. The molecule has 3 aliphatic heterocycles. The second kappa shape index (κ2) is 15.8. The number of fused-ring (bicyclic) bond motifs is 3. The number of nitrogens with one attached hydrogen (secondary N) is 3. The fourth-order valence-corrected chi connectivity index (χ4v) is 8.42. The Bertz CT molecular complexity index is 1900. The number of rotatable bonds is 5. The van der Waals surface area contributed by atoms with Crippen LogP contribution in [0.5, 0.6) is 0 Å². The first-order valence-electron chi connectivity index (χ1n) is 18.6. The third-order valence-corrected chi connectivity index (χ3v) is 11.6. The van der Waals surface area contributed by atoms with Gasteiger partial charge in [-0.1, -0.05) is 67.5 Å². The molecule has 6 rings (SSSR count). The molecule has 4 aliphatic rings. The third kappa shape index (κ3) is 9.05. The molecule has 54 heavy (non-hydrogen) atoms. The summed E-state index contributed by atoms with van der Waals surface area (Å²) in [7, 11) is -4.27. The van der Waals surface area contributed by atoms with E-state index < -0.39 is 75.2 Å². The van der Waals surface area contributed by atoms with E-state index in [9.17, 15) is 32.4 Å². The Morgan fingerprint density at radius 3 is 2.43 bits per heavy atom. The molecule has 0 radical (unpaired) electrons. The van der Waals surface area contributed by atoms with Crippen LogP contribution < -0.4 is 15.4 Å². The lowest BCUT2D eigenvalue weighted by Crippen LogP contribution is -2.58. The lowest BCUT2D eigenvalue weighted by molar-refractivity contribution is -0.141. The number of carbonyl (C=O) groups is 5. The molecule has 5 amide bonds. The molecule has 14 nitrogen and oxygen atoms in total. The molecule has 2 fully saturated rings. The van der Waals surface area contributed by atoms with Gasteiger partial charge in [-0.3, -0.25) is 14.4 Å². The van der Waals surface area contributed by atoms with Gasteiger partial charge in [0.05, 0.1) is 11.4 Å². The molecule has 290 valence electrons. The minimum atomic E-state index is -4.27. The van der Waals surface area contributed by atoms with E-state index in [1.807, 2.05) is 36.4 Å². The molecule has 1 aliphatic carbocycles. The van der Waals surface area contributed by atoms with Crippen LogP contribution in [-0.4, -0.2) is 90.5 Å². The van der Waals surface area contributed by atoms with Gasteiger partial charge < -0.3 is 29.9 Å². The molecule has 0 spiro atoms. The molecular formula is C39H49N5O9S. The summed E-state index contributed by atoms with van der Waals surface area (Å²) in [5.74, 6) is -2.66. The zero-order valence-corrected chi connectivity index (χ0v) is 31.7. The van der Waals surface area contributed by atoms with Gasteiger partial charge in [0.15, 0.2) is 0 Å². The van der Waals surface area contributed by atoms with Gasteiger partial charge >= 0.3 is 12.2 Å². The highest BCUT2D eigenvalue weighted by molar-refractivity contribution is 7.90. The standard InChI is InChI=1S/C39H49N5O9S/c1-38(2,3)53-36(48)40-31-19-11-6-4-5-8-16-28-23-39(28,35(47)42-54(50,51)30-17-9-7-10-18-30)41-33(45)32-22-29(25-44(32)34(31)46)52-37(49)43-21-20-26-14-12-13-15-27(26)24-43/h7-10,12-18,28-29,31-32H,4-6,11,19-25H2,1-3H3,(H,40,48)(H,41,45)(H,42,47)/b16-8+/t28-,29-,31+,32+,39-/m1/s1. The average molecular weight is 764 g/mol. The van der Waals surface area contributed by atoms with Crippen molar-refractivity contribution in [3.63, 3.8) is 0 Å².